The highest BCUT2D eigenvalue weighted by atomic mass is 32.2. The predicted molar refractivity (Wildman–Crippen MR) is 111 cm³/mol. The van der Waals surface area contributed by atoms with Gasteiger partial charge in [0.25, 0.3) is 5.91 Å². The molecule has 0 fully saturated rings. The van der Waals surface area contributed by atoms with Crippen LogP contribution in [-0.2, 0) is 29.8 Å². The fraction of sp³-hybridized carbons (Fsp3) is 0.333. The van der Waals surface area contributed by atoms with Crippen LogP contribution in [0.25, 0.3) is 0 Å². The van der Waals surface area contributed by atoms with Crippen molar-refractivity contribution >= 4 is 27.6 Å². The monoisotopic (exact) mass is 418 g/mol. The number of carbonyl (C=O) groups excluding carboxylic acids is 2. The van der Waals surface area contributed by atoms with Gasteiger partial charge < -0.3 is 10.1 Å². The van der Waals surface area contributed by atoms with Gasteiger partial charge in [-0.05, 0) is 44.5 Å². The summed E-state index contributed by atoms with van der Waals surface area (Å²) >= 11 is 0. The summed E-state index contributed by atoms with van der Waals surface area (Å²) in [5.74, 6) is -1.09. The summed E-state index contributed by atoms with van der Waals surface area (Å²) in [5, 5.41) is 2.59. The summed E-state index contributed by atoms with van der Waals surface area (Å²) in [7, 11) is -0.773. The molecular weight excluding hydrogens is 392 g/mol. The second kappa shape index (κ2) is 8.75. The van der Waals surface area contributed by atoms with Crippen LogP contribution in [0.2, 0.25) is 0 Å². The summed E-state index contributed by atoms with van der Waals surface area (Å²) in [5.41, 5.74) is 0.150. The second-order valence-electron chi connectivity index (χ2n) is 7.34. The fourth-order valence-electron chi connectivity index (χ4n) is 2.52. The van der Waals surface area contributed by atoms with Crippen LogP contribution >= 0.6 is 0 Å². The number of carbonyl (C=O) groups is 2. The van der Waals surface area contributed by atoms with E-state index in [2.05, 4.69) is 5.32 Å². The number of benzene rings is 2. The van der Waals surface area contributed by atoms with Gasteiger partial charge in [-0.3, -0.25) is 9.59 Å². The van der Waals surface area contributed by atoms with E-state index in [1.54, 1.807) is 19.9 Å². The van der Waals surface area contributed by atoms with E-state index in [4.69, 9.17) is 4.74 Å². The Hall–Kier alpha value is -2.71. The molecule has 0 aliphatic carbocycles. The minimum absolute atomic E-state index is 0.0511. The zero-order chi connectivity index (χ0) is 21.8. The highest BCUT2D eigenvalue weighted by Gasteiger charge is 2.33. The number of hydrogen-bond donors (Lipinski definition) is 1. The molecule has 2 aromatic carbocycles. The first-order valence-corrected chi connectivity index (χ1v) is 10.5. The van der Waals surface area contributed by atoms with Gasteiger partial charge in [-0.2, -0.15) is 0 Å². The van der Waals surface area contributed by atoms with Gasteiger partial charge in [-0.15, -0.1) is 0 Å². The third kappa shape index (κ3) is 5.21. The summed E-state index contributed by atoms with van der Waals surface area (Å²) < 4.78 is 30.9. The molecule has 2 aromatic rings. The number of rotatable bonds is 7. The third-order valence-corrected chi connectivity index (χ3v) is 6.35. The molecule has 0 aliphatic heterocycles. The highest BCUT2D eigenvalue weighted by Crippen LogP contribution is 2.25. The van der Waals surface area contributed by atoms with Crippen molar-refractivity contribution in [1.82, 2.24) is 4.31 Å². The van der Waals surface area contributed by atoms with Crippen molar-refractivity contribution in [3.8, 4) is 0 Å². The van der Waals surface area contributed by atoms with Crippen LogP contribution < -0.4 is 5.32 Å². The standard InChI is InChI=1S/C21H26N2O5S/c1-15(28-20(25)21(2,3)16-10-7-6-8-11-16)19(24)22-17-12-9-13-18(14-17)29(26,27)23(4)5/h6-15H,1-5H3,(H,22,24)/t15-/m0/s1. The molecule has 29 heavy (non-hydrogen) atoms. The number of nitrogens with one attached hydrogen (secondary N) is 1. The quantitative estimate of drug-likeness (QED) is 0.698. The Kier molecular flexibility index (Phi) is 6.81. The molecule has 0 aromatic heterocycles. The summed E-state index contributed by atoms with van der Waals surface area (Å²) in [6, 6.07) is 15.0. The lowest BCUT2D eigenvalue weighted by Gasteiger charge is -2.25. The Bertz CT molecular complexity index is 985. The lowest BCUT2D eigenvalue weighted by molar-refractivity contribution is -0.158. The first kappa shape index (κ1) is 22.6. The number of amides is 1. The molecule has 1 atom stereocenters. The zero-order valence-corrected chi connectivity index (χ0v) is 18.0. The van der Waals surface area contributed by atoms with E-state index in [1.807, 2.05) is 30.3 Å². The summed E-state index contributed by atoms with van der Waals surface area (Å²) in [4.78, 5) is 25.1. The molecule has 0 saturated heterocycles. The van der Waals surface area contributed by atoms with Crippen LogP contribution in [0, 0.1) is 0 Å². The molecule has 0 spiro atoms. The van der Waals surface area contributed by atoms with Crippen LogP contribution in [0.1, 0.15) is 26.3 Å². The van der Waals surface area contributed by atoms with Crippen molar-refractivity contribution in [3.63, 3.8) is 0 Å². The lowest BCUT2D eigenvalue weighted by atomic mass is 9.85. The van der Waals surface area contributed by atoms with Crippen molar-refractivity contribution in [2.24, 2.45) is 0 Å². The topological polar surface area (TPSA) is 92.8 Å². The largest absolute Gasteiger partial charge is 0.452 e. The summed E-state index contributed by atoms with van der Waals surface area (Å²) in [6.45, 7) is 4.92. The van der Waals surface area contributed by atoms with Crippen molar-refractivity contribution < 1.29 is 22.7 Å². The molecule has 0 radical (unpaired) electrons. The van der Waals surface area contributed by atoms with E-state index in [0.717, 1.165) is 9.87 Å². The van der Waals surface area contributed by atoms with Gasteiger partial charge in [-0.25, -0.2) is 12.7 Å². The number of ether oxygens (including phenoxy) is 1. The molecule has 0 bridgehead atoms. The van der Waals surface area contributed by atoms with E-state index in [-0.39, 0.29) is 4.90 Å². The first-order valence-electron chi connectivity index (χ1n) is 9.06. The Balaban J connectivity index is 2.09. The minimum Gasteiger partial charge on any atom is -0.452 e. The molecule has 2 rings (SSSR count). The zero-order valence-electron chi connectivity index (χ0n) is 17.2. The van der Waals surface area contributed by atoms with E-state index in [0.29, 0.717) is 5.69 Å². The molecule has 156 valence electrons. The van der Waals surface area contributed by atoms with Gasteiger partial charge in [0.15, 0.2) is 6.10 Å². The van der Waals surface area contributed by atoms with Crippen molar-refractivity contribution in [2.45, 2.75) is 37.2 Å². The molecule has 7 nitrogen and oxygen atoms in total. The fourth-order valence-corrected chi connectivity index (χ4v) is 3.47. The number of nitrogens with zero attached hydrogens (tertiary/aromatic N) is 1. The smallest absolute Gasteiger partial charge is 0.316 e. The average molecular weight is 419 g/mol. The van der Waals surface area contributed by atoms with Crippen LogP contribution in [0.4, 0.5) is 5.69 Å². The van der Waals surface area contributed by atoms with Crippen molar-refractivity contribution in [1.29, 1.82) is 0 Å². The van der Waals surface area contributed by atoms with Crippen molar-refractivity contribution in [2.75, 3.05) is 19.4 Å². The minimum atomic E-state index is -3.63. The normalized spacial score (nSPS) is 13.0. The summed E-state index contributed by atoms with van der Waals surface area (Å²) in [6.07, 6.45) is -1.06. The second-order valence-corrected chi connectivity index (χ2v) is 9.49. The van der Waals surface area contributed by atoms with E-state index in [9.17, 15) is 18.0 Å². The molecule has 0 heterocycles. The maximum atomic E-state index is 12.6. The van der Waals surface area contributed by atoms with Crippen molar-refractivity contribution in [3.05, 3.63) is 60.2 Å². The first-order chi connectivity index (χ1) is 13.5. The molecule has 0 unspecified atom stereocenters. The predicted octanol–water partition coefficient (Wildman–Crippen LogP) is 2.78. The molecule has 0 saturated carbocycles. The van der Waals surface area contributed by atoms with E-state index in [1.165, 1.54) is 39.2 Å². The molecule has 8 heteroatoms. The van der Waals surface area contributed by atoms with Gasteiger partial charge >= 0.3 is 5.97 Å². The van der Waals surface area contributed by atoms with Gasteiger partial charge in [-0.1, -0.05) is 36.4 Å². The molecule has 0 aliphatic rings. The number of sulfonamides is 1. The Morgan fingerprint density at radius 2 is 1.66 bits per heavy atom. The number of hydrogen-bond acceptors (Lipinski definition) is 5. The highest BCUT2D eigenvalue weighted by molar-refractivity contribution is 7.89. The SMILES string of the molecule is C[C@H](OC(=O)C(C)(C)c1ccccc1)C(=O)Nc1cccc(S(=O)(=O)N(C)C)c1. The average Bonchev–Trinajstić information content (AvgIpc) is 2.68. The van der Waals surface area contributed by atoms with Gasteiger partial charge in [0.2, 0.25) is 10.0 Å². The molecule has 1 N–H and O–H groups in total. The van der Waals surface area contributed by atoms with E-state index >= 15 is 0 Å². The third-order valence-electron chi connectivity index (χ3n) is 4.54. The lowest BCUT2D eigenvalue weighted by Crippen LogP contribution is -2.37. The Labute approximate surface area is 171 Å². The molecular formula is C21H26N2O5S. The maximum Gasteiger partial charge on any atom is 0.316 e. The van der Waals surface area contributed by atoms with Crippen LogP contribution in [-0.4, -0.2) is 44.8 Å². The molecule has 1 amide bonds. The van der Waals surface area contributed by atoms with E-state index < -0.39 is 33.4 Å². The van der Waals surface area contributed by atoms with Gasteiger partial charge in [0, 0.05) is 19.8 Å². The van der Waals surface area contributed by atoms with Gasteiger partial charge in [0.05, 0.1) is 10.3 Å². The number of esters is 1. The van der Waals surface area contributed by atoms with Gasteiger partial charge in [0.1, 0.15) is 0 Å². The van der Waals surface area contributed by atoms with Crippen LogP contribution in [0.3, 0.4) is 0 Å². The number of anilines is 1. The van der Waals surface area contributed by atoms with Crippen LogP contribution in [0.15, 0.2) is 59.5 Å². The van der Waals surface area contributed by atoms with Crippen LogP contribution in [0.5, 0.6) is 0 Å². The Morgan fingerprint density at radius 3 is 2.24 bits per heavy atom. The Morgan fingerprint density at radius 1 is 1.03 bits per heavy atom. The maximum absolute atomic E-state index is 12.6.